The first-order valence-electron chi connectivity index (χ1n) is 5.26. The van der Waals surface area contributed by atoms with Crippen LogP contribution >= 0.6 is 0 Å². The lowest BCUT2D eigenvalue weighted by atomic mass is 9.81. The predicted octanol–water partition coefficient (Wildman–Crippen LogP) is 0.654. The molecule has 0 aromatic heterocycles. The van der Waals surface area contributed by atoms with E-state index in [2.05, 4.69) is 21.1 Å². The Balaban J connectivity index is 2.02. The van der Waals surface area contributed by atoms with Gasteiger partial charge in [-0.05, 0) is 30.7 Å². The second-order valence-electron chi connectivity index (χ2n) is 4.67. The van der Waals surface area contributed by atoms with Crippen LogP contribution < -0.4 is 11.2 Å². The van der Waals surface area contributed by atoms with Crippen LogP contribution in [-0.2, 0) is 15.6 Å². The van der Waals surface area contributed by atoms with Gasteiger partial charge in [0, 0.05) is 6.42 Å². The minimum atomic E-state index is -1.55. The summed E-state index contributed by atoms with van der Waals surface area (Å²) < 4.78 is 19.4. The van der Waals surface area contributed by atoms with Gasteiger partial charge < -0.3 is 5.73 Å². The lowest BCUT2D eigenvalue weighted by Gasteiger charge is -2.26. The minimum absolute atomic E-state index is 0.128. The van der Waals surface area contributed by atoms with Gasteiger partial charge in [0.25, 0.3) is 0 Å². The molecule has 15 heavy (non-hydrogen) atoms. The van der Waals surface area contributed by atoms with Crippen molar-refractivity contribution in [2.45, 2.75) is 32.6 Å². The molecule has 1 fully saturated rings. The molecule has 86 valence electrons. The second kappa shape index (κ2) is 4.19. The van der Waals surface area contributed by atoms with Gasteiger partial charge in [0.1, 0.15) is 5.84 Å². The van der Waals surface area contributed by atoms with Crippen molar-refractivity contribution in [1.82, 2.24) is 5.48 Å². The van der Waals surface area contributed by atoms with Gasteiger partial charge in [-0.25, -0.2) is 9.69 Å². The van der Waals surface area contributed by atoms with Gasteiger partial charge in [-0.15, -0.1) is 4.40 Å². The number of nitrogens with two attached hydrogens (primary N) is 1. The standard InChI is InChI=1S/C9H17N3O2S/c1-7-2-3-9(4-7,6-10)5-8-11-14-15(13)12-8/h7H,2-6,10H2,1H3,(H,11,12). The fourth-order valence-electron chi connectivity index (χ4n) is 2.55. The van der Waals surface area contributed by atoms with E-state index >= 15 is 0 Å². The highest BCUT2D eigenvalue weighted by Crippen LogP contribution is 2.43. The van der Waals surface area contributed by atoms with E-state index < -0.39 is 11.3 Å². The van der Waals surface area contributed by atoms with E-state index in [1.165, 1.54) is 6.42 Å². The molecule has 3 N–H and O–H groups in total. The number of hydrogen-bond donors (Lipinski definition) is 2. The van der Waals surface area contributed by atoms with Crippen LogP contribution in [-0.4, -0.2) is 16.6 Å². The topological polar surface area (TPSA) is 76.7 Å². The minimum Gasteiger partial charge on any atom is -0.330 e. The lowest BCUT2D eigenvalue weighted by Crippen LogP contribution is -2.33. The predicted molar refractivity (Wildman–Crippen MR) is 58.9 cm³/mol. The zero-order chi connectivity index (χ0) is 10.9. The number of nitrogens with zero attached hydrogens (tertiary/aromatic N) is 1. The van der Waals surface area contributed by atoms with Gasteiger partial charge >= 0.3 is 11.3 Å². The molecule has 6 heteroatoms. The first-order valence-corrected chi connectivity index (χ1v) is 6.30. The van der Waals surface area contributed by atoms with Crippen LogP contribution in [0.5, 0.6) is 0 Å². The van der Waals surface area contributed by atoms with E-state index in [1.807, 2.05) is 0 Å². The number of hydroxylamine groups is 1. The molecule has 1 aliphatic heterocycles. The summed E-state index contributed by atoms with van der Waals surface area (Å²) in [5, 5.41) is 0. The molecule has 0 aromatic rings. The third-order valence-electron chi connectivity index (χ3n) is 3.34. The quantitative estimate of drug-likeness (QED) is 0.748. The average molecular weight is 231 g/mol. The summed E-state index contributed by atoms with van der Waals surface area (Å²) in [7, 11) is 0. The molecule has 0 bridgehead atoms. The first kappa shape index (κ1) is 11.0. The molecule has 1 saturated carbocycles. The average Bonchev–Trinajstić information content (AvgIpc) is 2.75. The van der Waals surface area contributed by atoms with Gasteiger partial charge in [0.05, 0.1) is 0 Å². The van der Waals surface area contributed by atoms with Crippen molar-refractivity contribution < 1.29 is 8.49 Å². The van der Waals surface area contributed by atoms with Crippen molar-refractivity contribution in [2.24, 2.45) is 21.5 Å². The smallest absolute Gasteiger partial charge is 0.309 e. The van der Waals surface area contributed by atoms with E-state index in [-0.39, 0.29) is 5.41 Å². The molecular weight excluding hydrogens is 214 g/mol. The molecule has 0 amide bonds. The molecule has 0 spiro atoms. The Hall–Kier alpha value is -0.460. The normalized spacial score (nSPS) is 40.3. The van der Waals surface area contributed by atoms with Crippen LogP contribution in [0.15, 0.2) is 4.40 Å². The summed E-state index contributed by atoms with van der Waals surface area (Å²) in [6, 6.07) is 0. The zero-order valence-corrected chi connectivity index (χ0v) is 9.68. The summed E-state index contributed by atoms with van der Waals surface area (Å²) in [4.78, 5) is 0. The van der Waals surface area contributed by atoms with Crippen LogP contribution in [0.3, 0.4) is 0 Å². The third kappa shape index (κ3) is 2.38. The molecule has 1 aliphatic carbocycles. The highest BCUT2D eigenvalue weighted by atomic mass is 32.2. The molecule has 0 radical (unpaired) electrons. The first-order chi connectivity index (χ1) is 7.13. The third-order valence-corrected chi connectivity index (χ3v) is 3.94. The number of rotatable bonds is 3. The van der Waals surface area contributed by atoms with Crippen molar-refractivity contribution in [3.8, 4) is 0 Å². The maximum Gasteiger partial charge on any atom is 0.309 e. The van der Waals surface area contributed by atoms with E-state index in [0.29, 0.717) is 12.4 Å². The van der Waals surface area contributed by atoms with Crippen LogP contribution in [0.1, 0.15) is 32.6 Å². The summed E-state index contributed by atoms with van der Waals surface area (Å²) in [5.74, 6) is 1.40. The van der Waals surface area contributed by atoms with Gasteiger partial charge in [-0.1, -0.05) is 13.3 Å². The summed E-state index contributed by atoms with van der Waals surface area (Å²) in [5.41, 5.74) is 8.57. The van der Waals surface area contributed by atoms with Crippen molar-refractivity contribution in [3.63, 3.8) is 0 Å². The molecule has 3 unspecified atom stereocenters. The van der Waals surface area contributed by atoms with Crippen molar-refractivity contribution in [2.75, 3.05) is 6.54 Å². The summed E-state index contributed by atoms with van der Waals surface area (Å²) >= 11 is -1.55. The molecule has 0 saturated heterocycles. The molecule has 5 nitrogen and oxygen atoms in total. The molecule has 1 heterocycles. The summed E-state index contributed by atoms with van der Waals surface area (Å²) in [6.45, 7) is 2.90. The van der Waals surface area contributed by atoms with Crippen LogP contribution in [0.4, 0.5) is 0 Å². The molecule has 2 aliphatic rings. The van der Waals surface area contributed by atoms with Crippen molar-refractivity contribution in [3.05, 3.63) is 0 Å². The van der Waals surface area contributed by atoms with Gasteiger partial charge in [-0.2, -0.15) is 4.28 Å². The van der Waals surface area contributed by atoms with Crippen LogP contribution in [0.25, 0.3) is 0 Å². The van der Waals surface area contributed by atoms with Gasteiger partial charge in [-0.3, -0.25) is 0 Å². The Labute approximate surface area is 92.2 Å². The number of hydrogen-bond acceptors (Lipinski definition) is 4. The molecule has 0 aromatic carbocycles. The van der Waals surface area contributed by atoms with E-state index in [9.17, 15) is 4.21 Å². The largest absolute Gasteiger partial charge is 0.330 e. The van der Waals surface area contributed by atoms with Crippen molar-refractivity contribution >= 4 is 17.1 Å². The Morgan fingerprint density at radius 2 is 2.60 bits per heavy atom. The Bertz CT molecular complexity index is 308. The van der Waals surface area contributed by atoms with Gasteiger partial charge in [0.2, 0.25) is 0 Å². The number of nitrogens with one attached hydrogen (secondary N) is 1. The Kier molecular flexibility index (Phi) is 3.08. The monoisotopic (exact) mass is 231 g/mol. The Morgan fingerprint density at radius 1 is 1.80 bits per heavy atom. The fraction of sp³-hybridized carbons (Fsp3) is 0.889. The molecular formula is C9H17N3O2S. The zero-order valence-electron chi connectivity index (χ0n) is 8.86. The number of amidine groups is 1. The fourth-order valence-corrected chi connectivity index (χ4v) is 3.04. The summed E-state index contributed by atoms with van der Waals surface area (Å²) in [6.07, 6.45) is 4.21. The van der Waals surface area contributed by atoms with E-state index in [1.54, 1.807) is 0 Å². The molecule has 3 atom stereocenters. The molecule has 2 rings (SSSR count). The highest BCUT2D eigenvalue weighted by Gasteiger charge is 2.38. The maximum atomic E-state index is 10.9. The Morgan fingerprint density at radius 3 is 3.07 bits per heavy atom. The van der Waals surface area contributed by atoms with Crippen molar-refractivity contribution in [1.29, 1.82) is 0 Å². The van der Waals surface area contributed by atoms with Crippen LogP contribution in [0.2, 0.25) is 0 Å². The maximum absolute atomic E-state index is 10.9. The second-order valence-corrected chi connectivity index (χ2v) is 5.45. The SMILES string of the molecule is CC1CCC(CN)(CC2=NS(=O)ON2)C1. The van der Waals surface area contributed by atoms with E-state index in [4.69, 9.17) is 5.73 Å². The highest BCUT2D eigenvalue weighted by molar-refractivity contribution is 7.79. The van der Waals surface area contributed by atoms with E-state index in [0.717, 1.165) is 25.2 Å². The lowest BCUT2D eigenvalue weighted by molar-refractivity contribution is 0.275. The van der Waals surface area contributed by atoms with Gasteiger partial charge in [0.15, 0.2) is 0 Å². The van der Waals surface area contributed by atoms with Crippen LogP contribution in [0, 0.1) is 11.3 Å².